The Morgan fingerprint density at radius 2 is 2.00 bits per heavy atom. The van der Waals surface area contributed by atoms with Gasteiger partial charge in [0.1, 0.15) is 6.61 Å². The molecule has 20 heavy (non-hydrogen) atoms. The van der Waals surface area contributed by atoms with Crippen LogP contribution in [-0.4, -0.2) is 23.2 Å². The van der Waals surface area contributed by atoms with E-state index in [1.54, 1.807) is 0 Å². The minimum Gasteiger partial charge on any atom is -0.481 e. The summed E-state index contributed by atoms with van der Waals surface area (Å²) < 4.78 is 5.15. The van der Waals surface area contributed by atoms with Gasteiger partial charge in [-0.3, -0.25) is 4.79 Å². The fourth-order valence-electron chi connectivity index (χ4n) is 2.61. The highest BCUT2D eigenvalue weighted by molar-refractivity contribution is 5.69. The number of amides is 1. The van der Waals surface area contributed by atoms with Crippen LogP contribution in [0.15, 0.2) is 30.3 Å². The molecule has 0 heterocycles. The molecule has 5 heteroatoms. The van der Waals surface area contributed by atoms with Gasteiger partial charge in [-0.1, -0.05) is 36.8 Å². The maximum Gasteiger partial charge on any atom is 0.407 e. The summed E-state index contributed by atoms with van der Waals surface area (Å²) in [5.41, 5.74) is 0.927. The number of alkyl carbamates (subject to hydrolysis) is 1. The van der Waals surface area contributed by atoms with Gasteiger partial charge in [-0.2, -0.15) is 0 Å². The number of hydrogen-bond donors (Lipinski definition) is 2. The van der Waals surface area contributed by atoms with Crippen molar-refractivity contribution in [3.05, 3.63) is 35.9 Å². The summed E-state index contributed by atoms with van der Waals surface area (Å²) in [6.07, 6.45) is 2.23. The average Bonchev–Trinajstić information content (AvgIpc) is 2.84. The largest absolute Gasteiger partial charge is 0.481 e. The van der Waals surface area contributed by atoms with Crippen molar-refractivity contribution in [1.29, 1.82) is 0 Å². The first-order valence-electron chi connectivity index (χ1n) is 6.84. The predicted octanol–water partition coefficient (Wildman–Crippen LogP) is 2.56. The number of rotatable bonds is 5. The van der Waals surface area contributed by atoms with Gasteiger partial charge in [-0.05, 0) is 24.3 Å². The zero-order chi connectivity index (χ0) is 14.4. The van der Waals surface area contributed by atoms with E-state index in [1.165, 1.54) is 0 Å². The molecule has 108 valence electrons. The Kier molecular flexibility index (Phi) is 4.98. The monoisotopic (exact) mass is 277 g/mol. The molecule has 0 aliphatic heterocycles. The quantitative estimate of drug-likeness (QED) is 0.867. The zero-order valence-electron chi connectivity index (χ0n) is 11.2. The number of carbonyl (C=O) groups excluding carboxylic acids is 1. The maximum absolute atomic E-state index is 11.7. The molecular formula is C15H19NO4. The van der Waals surface area contributed by atoms with Crippen LogP contribution in [0.5, 0.6) is 0 Å². The molecule has 0 saturated heterocycles. The molecule has 1 amide bonds. The van der Waals surface area contributed by atoms with Crippen molar-refractivity contribution in [2.24, 2.45) is 5.92 Å². The standard InChI is InChI=1S/C15H19NO4/c17-14(18)9-12-7-4-8-13(12)16-15(19)20-10-11-5-2-1-3-6-11/h1-3,5-6,12-13H,4,7-10H2,(H,16,19)(H,17,18)/t12-,13-/m0/s1. The lowest BCUT2D eigenvalue weighted by atomic mass is 10.00. The smallest absolute Gasteiger partial charge is 0.407 e. The first-order chi connectivity index (χ1) is 9.65. The molecule has 0 unspecified atom stereocenters. The van der Waals surface area contributed by atoms with Crippen LogP contribution in [0.3, 0.4) is 0 Å². The third-order valence-electron chi connectivity index (χ3n) is 3.61. The van der Waals surface area contributed by atoms with Gasteiger partial charge >= 0.3 is 12.1 Å². The molecule has 0 aromatic heterocycles. The molecule has 1 aliphatic rings. The highest BCUT2D eigenvalue weighted by atomic mass is 16.5. The van der Waals surface area contributed by atoms with Crippen LogP contribution < -0.4 is 5.32 Å². The van der Waals surface area contributed by atoms with Crippen molar-refractivity contribution < 1.29 is 19.4 Å². The Bertz CT molecular complexity index is 460. The van der Waals surface area contributed by atoms with E-state index >= 15 is 0 Å². The van der Waals surface area contributed by atoms with Crippen molar-refractivity contribution in [3.63, 3.8) is 0 Å². The molecule has 1 saturated carbocycles. The van der Waals surface area contributed by atoms with Gasteiger partial charge in [0.05, 0.1) is 6.42 Å². The van der Waals surface area contributed by atoms with E-state index in [1.807, 2.05) is 30.3 Å². The van der Waals surface area contributed by atoms with Crippen LogP contribution in [-0.2, 0) is 16.1 Å². The van der Waals surface area contributed by atoms with Crippen LogP contribution in [0.2, 0.25) is 0 Å². The first-order valence-corrected chi connectivity index (χ1v) is 6.84. The second-order valence-corrected chi connectivity index (χ2v) is 5.10. The lowest BCUT2D eigenvalue weighted by Gasteiger charge is -2.19. The number of carboxylic acids is 1. The Labute approximate surface area is 117 Å². The fourth-order valence-corrected chi connectivity index (χ4v) is 2.61. The van der Waals surface area contributed by atoms with Gasteiger partial charge in [-0.25, -0.2) is 4.79 Å². The third kappa shape index (κ3) is 4.26. The molecule has 2 N–H and O–H groups in total. The molecule has 5 nitrogen and oxygen atoms in total. The summed E-state index contributed by atoms with van der Waals surface area (Å²) >= 11 is 0. The van der Waals surface area contributed by atoms with Crippen molar-refractivity contribution in [1.82, 2.24) is 5.32 Å². The second-order valence-electron chi connectivity index (χ2n) is 5.10. The number of ether oxygens (including phenoxy) is 1. The summed E-state index contributed by atoms with van der Waals surface area (Å²) in [7, 11) is 0. The minimum absolute atomic E-state index is 0.0109. The molecule has 0 spiro atoms. The number of benzene rings is 1. The highest BCUT2D eigenvalue weighted by Crippen LogP contribution is 2.28. The molecule has 1 aromatic rings. The molecule has 2 rings (SSSR count). The number of carbonyl (C=O) groups is 2. The summed E-state index contributed by atoms with van der Waals surface area (Å²) in [6.45, 7) is 0.225. The van der Waals surface area contributed by atoms with Crippen molar-refractivity contribution >= 4 is 12.1 Å². The minimum atomic E-state index is -0.818. The first kappa shape index (κ1) is 14.4. The summed E-state index contributed by atoms with van der Waals surface area (Å²) in [5.74, 6) is -0.807. The van der Waals surface area contributed by atoms with Gasteiger partial charge in [0, 0.05) is 6.04 Å². The second kappa shape index (κ2) is 6.93. The summed E-state index contributed by atoms with van der Waals surface area (Å²) in [4.78, 5) is 22.5. The van der Waals surface area contributed by atoms with Crippen LogP contribution in [0, 0.1) is 5.92 Å². The van der Waals surface area contributed by atoms with Gasteiger partial charge in [0.15, 0.2) is 0 Å². The van der Waals surface area contributed by atoms with E-state index in [2.05, 4.69) is 5.32 Å². The topological polar surface area (TPSA) is 75.6 Å². The highest BCUT2D eigenvalue weighted by Gasteiger charge is 2.30. The lowest BCUT2D eigenvalue weighted by molar-refractivity contribution is -0.138. The van der Waals surface area contributed by atoms with Crippen LogP contribution >= 0.6 is 0 Å². The van der Waals surface area contributed by atoms with Crippen molar-refractivity contribution in [2.75, 3.05) is 0 Å². The van der Waals surface area contributed by atoms with Crippen molar-refractivity contribution in [2.45, 2.75) is 38.3 Å². The Morgan fingerprint density at radius 3 is 2.70 bits per heavy atom. The third-order valence-corrected chi connectivity index (χ3v) is 3.61. The number of carboxylic acid groups (broad SMARTS) is 1. The molecule has 1 aromatic carbocycles. The molecule has 1 fully saturated rings. The average molecular weight is 277 g/mol. The van der Waals surface area contributed by atoms with E-state index in [0.717, 1.165) is 24.8 Å². The van der Waals surface area contributed by atoms with Crippen LogP contribution in [0.4, 0.5) is 4.79 Å². The lowest BCUT2D eigenvalue weighted by Crippen LogP contribution is -2.38. The summed E-state index contributed by atoms with van der Waals surface area (Å²) in [6, 6.07) is 9.35. The Morgan fingerprint density at radius 1 is 1.25 bits per heavy atom. The van der Waals surface area contributed by atoms with Crippen LogP contribution in [0.1, 0.15) is 31.2 Å². The molecule has 0 radical (unpaired) electrons. The van der Waals surface area contributed by atoms with Gasteiger partial charge in [0.25, 0.3) is 0 Å². The van der Waals surface area contributed by atoms with E-state index in [-0.39, 0.29) is 25.0 Å². The van der Waals surface area contributed by atoms with E-state index in [0.29, 0.717) is 0 Å². The molecule has 2 atom stereocenters. The number of nitrogens with one attached hydrogen (secondary N) is 1. The fraction of sp³-hybridized carbons (Fsp3) is 0.467. The van der Waals surface area contributed by atoms with Gasteiger partial charge in [-0.15, -0.1) is 0 Å². The summed E-state index contributed by atoms with van der Waals surface area (Å²) in [5, 5.41) is 11.6. The number of hydrogen-bond acceptors (Lipinski definition) is 3. The predicted molar refractivity (Wildman–Crippen MR) is 73.1 cm³/mol. The Hall–Kier alpha value is -2.04. The normalized spacial score (nSPS) is 21.4. The molecule has 1 aliphatic carbocycles. The molecule has 0 bridgehead atoms. The van der Waals surface area contributed by atoms with Gasteiger partial charge in [0.2, 0.25) is 0 Å². The SMILES string of the molecule is O=C(O)C[C@@H]1CCC[C@@H]1NC(=O)OCc1ccccc1. The van der Waals surface area contributed by atoms with E-state index in [9.17, 15) is 9.59 Å². The zero-order valence-corrected chi connectivity index (χ0v) is 11.2. The molecular weight excluding hydrogens is 258 g/mol. The Balaban J connectivity index is 1.77. The van der Waals surface area contributed by atoms with E-state index < -0.39 is 12.1 Å². The van der Waals surface area contributed by atoms with E-state index in [4.69, 9.17) is 9.84 Å². The number of aliphatic carboxylic acids is 1. The maximum atomic E-state index is 11.7. The van der Waals surface area contributed by atoms with Gasteiger partial charge < -0.3 is 15.2 Å². The van der Waals surface area contributed by atoms with Crippen LogP contribution in [0.25, 0.3) is 0 Å². The van der Waals surface area contributed by atoms with Crippen molar-refractivity contribution in [3.8, 4) is 0 Å².